The Hall–Kier alpha value is -0.960. The zero-order valence-electron chi connectivity index (χ0n) is 9.64. The highest BCUT2D eigenvalue weighted by molar-refractivity contribution is 7.87. The van der Waals surface area contributed by atoms with Crippen molar-refractivity contribution in [1.82, 2.24) is 19.5 Å². The first-order valence-electron chi connectivity index (χ1n) is 5.45. The first-order valence-corrected chi connectivity index (χ1v) is 6.89. The predicted molar refractivity (Wildman–Crippen MR) is 61.4 cm³/mol. The van der Waals surface area contributed by atoms with Crippen molar-refractivity contribution < 1.29 is 12.9 Å². The Morgan fingerprint density at radius 2 is 2.24 bits per heavy atom. The van der Waals surface area contributed by atoms with E-state index >= 15 is 0 Å². The van der Waals surface area contributed by atoms with Crippen molar-refractivity contribution in [2.45, 2.75) is 13.5 Å². The van der Waals surface area contributed by atoms with Gasteiger partial charge in [0, 0.05) is 32.2 Å². The Bertz CT molecular complexity index is 464. The maximum atomic E-state index is 11.9. The SMILES string of the molecule is Cc1cc(CNS(=O)(=O)N2CCNCC2)no1. The number of nitrogens with one attached hydrogen (secondary N) is 2. The minimum atomic E-state index is -3.41. The lowest BCUT2D eigenvalue weighted by molar-refractivity contribution is 0.353. The number of piperazine rings is 1. The van der Waals surface area contributed by atoms with Crippen molar-refractivity contribution in [3.8, 4) is 0 Å². The van der Waals surface area contributed by atoms with Crippen LogP contribution in [0.2, 0.25) is 0 Å². The molecular weight excluding hydrogens is 244 g/mol. The molecular formula is C9H16N4O3S. The number of aryl methyl sites for hydroxylation is 1. The van der Waals surface area contributed by atoms with Gasteiger partial charge < -0.3 is 9.84 Å². The van der Waals surface area contributed by atoms with Crippen molar-refractivity contribution in [3.05, 3.63) is 17.5 Å². The highest BCUT2D eigenvalue weighted by atomic mass is 32.2. The van der Waals surface area contributed by atoms with Crippen molar-refractivity contribution in [2.75, 3.05) is 26.2 Å². The van der Waals surface area contributed by atoms with Crippen LogP contribution in [0.15, 0.2) is 10.6 Å². The van der Waals surface area contributed by atoms with E-state index in [9.17, 15) is 8.42 Å². The van der Waals surface area contributed by atoms with Gasteiger partial charge in [0.15, 0.2) is 0 Å². The molecule has 1 saturated heterocycles. The van der Waals surface area contributed by atoms with Crippen LogP contribution in [0, 0.1) is 6.92 Å². The van der Waals surface area contributed by atoms with Crippen LogP contribution in [-0.4, -0.2) is 44.1 Å². The molecule has 1 fully saturated rings. The number of hydrogen-bond acceptors (Lipinski definition) is 5. The second-order valence-electron chi connectivity index (χ2n) is 3.90. The average molecular weight is 260 g/mol. The molecule has 1 aromatic rings. The molecule has 2 N–H and O–H groups in total. The molecule has 0 spiro atoms. The van der Waals surface area contributed by atoms with E-state index in [0.717, 1.165) is 0 Å². The monoisotopic (exact) mass is 260 g/mol. The minimum absolute atomic E-state index is 0.156. The van der Waals surface area contributed by atoms with Crippen molar-refractivity contribution >= 4 is 10.2 Å². The molecule has 0 amide bonds. The van der Waals surface area contributed by atoms with Gasteiger partial charge in [0.1, 0.15) is 5.76 Å². The standard InChI is InChI=1S/C9H16N4O3S/c1-8-6-9(12-16-8)7-11-17(14,15)13-4-2-10-3-5-13/h6,10-11H,2-5,7H2,1H3. The molecule has 0 atom stereocenters. The van der Waals surface area contributed by atoms with Gasteiger partial charge >= 0.3 is 0 Å². The largest absolute Gasteiger partial charge is 0.361 e. The number of nitrogens with zero attached hydrogens (tertiary/aromatic N) is 2. The van der Waals surface area contributed by atoms with Gasteiger partial charge in [0.05, 0.1) is 12.2 Å². The molecule has 1 aromatic heterocycles. The van der Waals surface area contributed by atoms with E-state index in [1.54, 1.807) is 13.0 Å². The third-order valence-electron chi connectivity index (χ3n) is 2.53. The lowest BCUT2D eigenvalue weighted by Gasteiger charge is -2.26. The van der Waals surface area contributed by atoms with Gasteiger partial charge in [-0.1, -0.05) is 5.16 Å². The van der Waals surface area contributed by atoms with Gasteiger partial charge in [-0.05, 0) is 6.92 Å². The normalized spacial score (nSPS) is 18.4. The summed E-state index contributed by atoms with van der Waals surface area (Å²) in [6.45, 7) is 4.28. The average Bonchev–Trinajstić information content (AvgIpc) is 2.74. The molecule has 8 heteroatoms. The zero-order chi connectivity index (χ0) is 12.3. The predicted octanol–water partition coefficient (Wildman–Crippen LogP) is -0.777. The third-order valence-corrected chi connectivity index (χ3v) is 4.08. The van der Waals surface area contributed by atoms with Gasteiger partial charge in [-0.25, -0.2) is 0 Å². The first kappa shape index (κ1) is 12.5. The maximum absolute atomic E-state index is 11.9. The Balaban J connectivity index is 1.92. The van der Waals surface area contributed by atoms with Crippen LogP contribution in [0.4, 0.5) is 0 Å². The first-order chi connectivity index (χ1) is 8.08. The van der Waals surface area contributed by atoms with E-state index in [2.05, 4.69) is 15.2 Å². The Morgan fingerprint density at radius 1 is 1.53 bits per heavy atom. The number of hydrogen-bond donors (Lipinski definition) is 2. The van der Waals surface area contributed by atoms with Crippen LogP contribution < -0.4 is 10.0 Å². The molecule has 96 valence electrons. The summed E-state index contributed by atoms with van der Waals surface area (Å²) in [6.07, 6.45) is 0. The van der Waals surface area contributed by atoms with Crippen molar-refractivity contribution in [3.63, 3.8) is 0 Å². The molecule has 0 saturated carbocycles. The fourth-order valence-electron chi connectivity index (χ4n) is 1.64. The molecule has 0 bridgehead atoms. The van der Waals surface area contributed by atoms with Gasteiger partial charge in [-0.2, -0.15) is 17.4 Å². The molecule has 1 aliphatic rings. The molecule has 0 aromatic carbocycles. The summed E-state index contributed by atoms with van der Waals surface area (Å²) in [5.41, 5.74) is 0.584. The van der Waals surface area contributed by atoms with Crippen LogP contribution in [0.25, 0.3) is 0 Å². The number of aromatic nitrogens is 1. The molecule has 17 heavy (non-hydrogen) atoms. The Labute approximate surface area is 100 Å². The van der Waals surface area contributed by atoms with Crippen LogP contribution in [0.3, 0.4) is 0 Å². The molecule has 0 aliphatic carbocycles. The Morgan fingerprint density at radius 3 is 2.82 bits per heavy atom. The summed E-state index contributed by atoms with van der Waals surface area (Å²) in [7, 11) is -3.41. The second kappa shape index (κ2) is 5.13. The molecule has 1 aliphatic heterocycles. The summed E-state index contributed by atoms with van der Waals surface area (Å²) >= 11 is 0. The van der Waals surface area contributed by atoms with E-state index < -0.39 is 10.2 Å². The van der Waals surface area contributed by atoms with Gasteiger partial charge in [0.2, 0.25) is 0 Å². The zero-order valence-corrected chi connectivity index (χ0v) is 10.5. The van der Waals surface area contributed by atoms with Crippen LogP contribution in [0.1, 0.15) is 11.5 Å². The van der Waals surface area contributed by atoms with Crippen LogP contribution in [-0.2, 0) is 16.8 Å². The van der Waals surface area contributed by atoms with Crippen LogP contribution in [0.5, 0.6) is 0 Å². The minimum Gasteiger partial charge on any atom is -0.361 e. The highest BCUT2D eigenvalue weighted by Crippen LogP contribution is 2.04. The van der Waals surface area contributed by atoms with Crippen molar-refractivity contribution in [1.29, 1.82) is 0 Å². The summed E-state index contributed by atoms with van der Waals surface area (Å²) in [5.74, 6) is 0.668. The summed E-state index contributed by atoms with van der Waals surface area (Å²) in [5, 5.41) is 6.83. The fraction of sp³-hybridized carbons (Fsp3) is 0.667. The smallest absolute Gasteiger partial charge is 0.279 e. The van der Waals surface area contributed by atoms with E-state index in [1.165, 1.54) is 4.31 Å². The van der Waals surface area contributed by atoms with Crippen molar-refractivity contribution in [2.24, 2.45) is 0 Å². The fourth-order valence-corrected chi connectivity index (χ4v) is 2.82. The molecule has 2 heterocycles. The van der Waals surface area contributed by atoms with E-state index in [0.29, 0.717) is 37.6 Å². The van der Waals surface area contributed by atoms with E-state index in [-0.39, 0.29) is 6.54 Å². The maximum Gasteiger partial charge on any atom is 0.279 e. The topological polar surface area (TPSA) is 87.5 Å². The molecule has 0 radical (unpaired) electrons. The lowest BCUT2D eigenvalue weighted by Crippen LogP contribution is -2.50. The molecule has 0 unspecified atom stereocenters. The van der Waals surface area contributed by atoms with Gasteiger partial charge in [-0.15, -0.1) is 0 Å². The third kappa shape index (κ3) is 3.25. The quantitative estimate of drug-likeness (QED) is 0.741. The summed E-state index contributed by atoms with van der Waals surface area (Å²) < 4.78 is 32.6. The molecule has 2 rings (SSSR count). The van der Waals surface area contributed by atoms with E-state index in [1.807, 2.05) is 0 Å². The van der Waals surface area contributed by atoms with Crippen LogP contribution >= 0.6 is 0 Å². The number of rotatable bonds is 4. The van der Waals surface area contributed by atoms with E-state index in [4.69, 9.17) is 4.52 Å². The molecule has 7 nitrogen and oxygen atoms in total. The lowest BCUT2D eigenvalue weighted by atomic mass is 10.4. The highest BCUT2D eigenvalue weighted by Gasteiger charge is 2.23. The Kier molecular flexibility index (Phi) is 3.77. The second-order valence-corrected chi connectivity index (χ2v) is 5.66. The van der Waals surface area contributed by atoms with Gasteiger partial charge in [-0.3, -0.25) is 0 Å². The summed E-state index contributed by atoms with van der Waals surface area (Å²) in [4.78, 5) is 0. The summed E-state index contributed by atoms with van der Waals surface area (Å²) in [6, 6.07) is 1.71. The van der Waals surface area contributed by atoms with Gasteiger partial charge in [0.25, 0.3) is 10.2 Å².